The van der Waals surface area contributed by atoms with Crippen molar-refractivity contribution in [3.05, 3.63) is 11.1 Å². The molecule has 144 valence electrons. The molecule has 2 spiro atoms. The van der Waals surface area contributed by atoms with E-state index in [1.165, 1.54) is 0 Å². The number of rotatable bonds is 1. The lowest BCUT2D eigenvalue weighted by atomic mass is 9.45. The van der Waals surface area contributed by atoms with E-state index < -0.39 is 33.9 Å². The number of fused-ring (bicyclic) bond motifs is 4. The minimum Gasteiger partial charge on any atom is -0.458 e. The fourth-order valence-electron chi connectivity index (χ4n) is 7.41. The fourth-order valence-corrected chi connectivity index (χ4v) is 7.41. The van der Waals surface area contributed by atoms with Crippen molar-refractivity contribution in [1.29, 1.82) is 0 Å². The van der Waals surface area contributed by atoms with Gasteiger partial charge in [-0.1, -0.05) is 20.8 Å². The minimum atomic E-state index is -1.26. The molecule has 1 N–H and O–H groups in total. The highest BCUT2D eigenvalue weighted by atomic mass is 16.7. The summed E-state index contributed by atoms with van der Waals surface area (Å²) >= 11 is 0. The van der Waals surface area contributed by atoms with Crippen LogP contribution in [0.4, 0.5) is 0 Å². The van der Waals surface area contributed by atoms with Crippen LogP contribution in [-0.4, -0.2) is 64.2 Å². The molecular formula is C20H22O7. The molecule has 0 unspecified atom stereocenters. The molecular weight excluding hydrogens is 352 g/mol. The van der Waals surface area contributed by atoms with Gasteiger partial charge in [0.1, 0.15) is 36.1 Å². The number of ether oxygens (including phenoxy) is 4. The summed E-state index contributed by atoms with van der Waals surface area (Å²) in [6.07, 6.45) is 0.454. The van der Waals surface area contributed by atoms with E-state index >= 15 is 0 Å². The van der Waals surface area contributed by atoms with Crippen LogP contribution in [0.25, 0.3) is 0 Å². The largest absolute Gasteiger partial charge is 0.458 e. The molecule has 0 amide bonds. The third kappa shape index (κ3) is 1.16. The maximum Gasteiger partial charge on any atom is 0.334 e. The number of hydrogen-bond donors (Lipinski definition) is 1. The Morgan fingerprint density at radius 2 is 1.93 bits per heavy atom. The second kappa shape index (κ2) is 3.77. The number of carbonyl (C=O) groups excluding carboxylic acids is 2. The quantitative estimate of drug-likeness (QED) is 0.524. The van der Waals surface area contributed by atoms with Crippen molar-refractivity contribution in [2.24, 2.45) is 11.3 Å². The number of aliphatic hydroxyl groups is 1. The average molecular weight is 374 g/mol. The summed E-state index contributed by atoms with van der Waals surface area (Å²) in [5.74, 6) is -0.286. The van der Waals surface area contributed by atoms with Gasteiger partial charge in [0.25, 0.3) is 0 Å². The van der Waals surface area contributed by atoms with E-state index in [1.54, 1.807) is 0 Å². The van der Waals surface area contributed by atoms with Gasteiger partial charge < -0.3 is 24.1 Å². The molecule has 3 saturated heterocycles. The molecule has 4 heterocycles. The van der Waals surface area contributed by atoms with E-state index in [-0.39, 0.29) is 36.5 Å². The standard InChI is InChI=1S/C20H22O7/c1-8(2)18-12(26-18)13-20(27-13)16(3)5-4-9-10(7-24-14(9)21)17(16,23)6-11-19(20,25-11)15(18)22/h8,11-13,23H,4-7H2,1-3H3/t11-,12-,13-,16-,17+,18-,19+,20+/m0/s1. The van der Waals surface area contributed by atoms with E-state index in [2.05, 4.69) is 0 Å². The summed E-state index contributed by atoms with van der Waals surface area (Å²) in [7, 11) is 0. The third-order valence-corrected chi connectivity index (χ3v) is 8.99. The zero-order valence-electron chi connectivity index (χ0n) is 15.5. The molecule has 0 aromatic carbocycles. The predicted molar refractivity (Wildman–Crippen MR) is 87.5 cm³/mol. The van der Waals surface area contributed by atoms with Crippen LogP contribution in [0.5, 0.6) is 0 Å². The van der Waals surface area contributed by atoms with E-state index in [9.17, 15) is 14.7 Å². The van der Waals surface area contributed by atoms with Crippen molar-refractivity contribution in [2.45, 2.75) is 80.7 Å². The molecule has 7 aliphatic rings. The molecule has 0 radical (unpaired) electrons. The van der Waals surface area contributed by atoms with Gasteiger partial charge in [0.2, 0.25) is 5.78 Å². The first-order chi connectivity index (χ1) is 12.7. The number of hydrogen-bond acceptors (Lipinski definition) is 7. The average Bonchev–Trinajstić information content (AvgIpc) is 3.49. The van der Waals surface area contributed by atoms with E-state index in [0.29, 0.717) is 30.4 Å². The molecule has 7 rings (SSSR count). The van der Waals surface area contributed by atoms with Gasteiger partial charge in [-0.25, -0.2) is 4.79 Å². The molecule has 5 fully saturated rings. The first-order valence-corrected chi connectivity index (χ1v) is 9.91. The van der Waals surface area contributed by atoms with Crippen LogP contribution in [0.3, 0.4) is 0 Å². The maximum absolute atomic E-state index is 13.7. The highest BCUT2D eigenvalue weighted by Crippen LogP contribution is 2.82. The van der Waals surface area contributed by atoms with Gasteiger partial charge in [-0.2, -0.15) is 0 Å². The Morgan fingerprint density at radius 1 is 1.15 bits per heavy atom. The number of esters is 1. The number of epoxide rings is 3. The SMILES string of the molecule is CC(C)[C@]12O[C@H]1[C@@H]1O[C@@]13[C@@]1(C)CCC4=C(COC4=O)[C@]1(O)C[C@@H]1O[C@@]13C2=O. The zero-order chi connectivity index (χ0) is 18.8. The molecule has 0 aromatic rings. The Labute approximate surface area is 156 Å². The molecule has 7 heteroatoms. The Balaban J connectivity index is 1.43. The molecule has 0 aromatic heterocycles. The lowest BCUT2D eigenvalue weighted by molar-refractivity contribution is -0.157. The molecule has 4 aliphatic heterocycles. The van der Waals surface area contributed by atoms with Gasteiger partial charge >= 0.3 is 5.97 Å². The molecule has 2 saturated carbocycles. The van der Waals surface area contributed by atoms with Crippen LogP contribution < -0.4 is 0 Å². The second-order valence-electron chi connectivity index (χ2n) is 9.86. The molecule has 3 aliphatic carbocycles. The van der Waals surface area contributed by atoms with Crippen molar-refractivity contribution >= 4 is 11.8 Å². The summed E-state index contributed by atoms with van der Waals surface area (Å²) in [5, 5.41) is 11.9. The summed E-state index contributed by atoms with van der Waals surface area (Å²) in [6, 6.07) is 0. The van der Waals surface area contributed by atoms with Crippen molar-refractivity contribution in [1.82, 2.24) is 0 Å². The number of Topliss-reactive ketones (excluding diaryl/α,β-unsaturated/α-hetero) is 1. The van der Waals surface area contributed by atoms with Crippen LogP contribution in [0.2, 0.25) is 0 Å². The van der Waals surface area contributed by atoms with Crippen LogP contribution >= 0.6 is 0 Å². The van der Waals surface area contributed by atoms with Crippen molar-refractivity contribution < 1.29 is 33.6 Å². The van der Waals surface area contributed by atoms with Gasteiger partial charge in [0.05, 0.1) is 0 Å². The van der Waals surface area contributed by atoms with Crippen LogP contribution in [0, 0.1) is 11.3 Å². The summed E-state index contributed by atoms with van der Waals surface area (Å²) in [6.45, 7) is 6.12. The smallest absolute Gasteiger partial charge is 0.334 e. The van der Waals surface area contributed by atoms with E-state index in [4.69, 9.17) is 18.9 Å². The summed E-state index contributed by atoms with van der Waals surface area (Å²) in [5.41, 5.74) is -3.43. The van der Waals surface area contributed by atoms with E-state index in [1.807, 2.05) is 20.8 Å². The Bertz CT molecular complexity index is 908. The monoisotopic (exact) mass is 374 g/mol. The molecule has 8 atom stereocenters. The highest BCUT2D eigenvalue weighted by molar-refractivity contribution is 6.05. The van der Waals surface area contributed by atoms with Gasteiger partial charge in [0, 0.05) is 23.0 Å². The first kappa shape index (κ1) is 15.6. The molecule has 27 heavy (non-hydrogen) atoms. The van der Waals surface area contributed by atoms with E-state index in [0.717, 1.165) is 0 Å². The van der Waals surface area contributed by atoms with Crippen molar-refractivity contribution in [2.75, 3.05) is 6.61 Å². The number of ketones is 1. The van der Waals surface area contributed by atoms with Crippen LogP contribution in [0.15, 0.2) is 11.1 Å². The Hall–Kier alpha value is -1.28. The van der Waals surface area contributed by atoms with Crippen LogP contribution in [-0.2, 0) is 28.5 Å². The first-order valence-electron chi connectivity index (χ1n) is 9.91. The zero-order valence-corrected chi connectivity index (χ0v) is 15.5. The topological polar surface area (TPSA) is 101 Å². The Morgan fingerprint density at radius 3 is 2.67 bits per heavy atom. The maximum atomic E-state index is 13.7. The molecule has 7 nitrogen and oxygen atoms in total. The van der Waals surface area contributed by atoms with Crippen molar-refractivity contribution in [3.8, 4) is 0 Å². The van der Waals surface area contributed by atoms with Crippen molar-refractivity contribution in [3.63, 3.8) is 0 Å². The van der Waals surface area contributed by atoms with Crippen LogP contribution in [0.1, 0.15) is 40.0 Å². The summed E-state index contributed by atoms with van der Waals surface area (Å²) < 4.78 is 23.7. The van der Waals surface area contributed by atoms with Gasteiger partial charge in [-0.15, -0.1) is 0 Å². The minimum absolute atomic E-state index is 0.00412. The summed E-state index contributed by atoms with van der Waals surface area (Å²) in [4.78, 5) is 25.8. The second-order valence-corrected chi connectivity index (χ2v) is 9.86. The number of cyclic esters (lactones) is 1. The fraction of sp³-hybridized carbons (Fsp3) is 0.800. The van der Waals surface area contributed by atoms with Gasteiger partial charge in [0.15, 0.2) is 11.2 Å². The van der Waals surface area contributed by atoms with Gasteiger partial charge in [-0.05, 0) is 18.8 Å². The number of carbonyl (C=O) groups is 2. The molecule has 0 bridgehead atoms. The lowest BCUT2D eigenvalue weighted by Gasteiger charge is -2.56. The third-order valence-electron chi connectivity index (χ3n) is 8.99. The normalized spacial score (nSPS) is 61.3. The lowest BCUT2D eigenvalue weighted by Crippen LogP contribution is -2.73. The van der Waals surface area contributed by atoms with Gasteiger partial charge in [-0.3, -0.25) is 4.79 Å². The Kier molecular flexibility index (Phi) is 2.18. The predicted octanol–water partition coefficient (Wildman–Crippen LogP) is 0.426. The highest BCUT2D eigenvalue weighted by Gasteiger charge is 3.02.